The maximum atomic E-state index is 11.6. The van der Waals surface area contributed by atoms with Gasteiger partial charge in [0.05, 0.1) is 6.61 Å². The number of halogens is 1. The number of carbonyl (C=O) groups is 1. The molecule has 0 heterocycles. The van der Waals surface area contributed by atoms with Crippen LogP contribution in [0.1, 0.15) is 53.9 Å². The van der Waals surface area contributed by atoms with E-state index in [1.165, 1.54) is 24.0 Å². The highest BCUT2D eigenvalue weighted by Gasteiger charge is 2.26. The molecule has 0 radical (unpaired) electrons. The van der Waals surface area contributed by atoms with E-state index in [4.69, 9.17) is 16.3 Å². The first-order valence-electron chi connectivity index (χ1n) is 7.21. The van der Waals surface area contributed by atoms with Crippen LogP contribution in [0.4, 0.5) is 0 Å². The van der Waals surface area contributed by atoms with Gasteiger partial charge in [0.2, 0.25) is 0 Å². The number of esters is 1. The van der Waals surface area contributed by atoms with Crippen LogP contribution in [-0.4, -0.2) is 12.6 Å². The molecule has 0 spiro atoms. The third-order valence-electron chi connectivity index (χ3n) is 3.84. The normalized spacial score (nSPS) is 20.1. The Balaban J connectivity index is 2.96. The van der Waals surface area contributed by atoms with Crippen molar-refractivity contribution in [1.29, 1.82) is 0 Å². The highest BCUT2D eigenvalue weighted by atomic mass is 35.5. The van der Waals surface area contributed by atoms with Crippen molar-refractivity contribution < 1.29 is 9.53 Å². The Morgan fingerprint density at radius 2 is 2.10 bits per heavy atom. The number of hydrogen-bond acceptors (Lipinski definition) is 2. The Kier molecular flexibility index (Phi) is 6.07. The average molecular weight is 297 g/mol. The van der Waals surface area contributed by atoms with Crippen molar-refractivity contribution >= 4 is 17.6 Å². The van der Waals surface area contributed by atoms with Crippen molar-refractivity contribution in [3.8, 4) is 0 Å². The van der Waals surface area contributed by atoms with Gasteiger partial charge >= 0.3 is 5.97 Å². The Labute approximate surface area is 127 Å². The maximum Gasteiger partial charge on any atom is 0.350 e. The van der Waals surface area contributed by atoms with Gasteiger partial charge in [0.25, 0.3) is 0 Å². The predicted octanol–water partition coefficient (Wildman–Crippen LogP) is 5.15. The molecule has 0 unspecified atom stereocenters. The summed E-state index contributed by atoms with van der Waals surface area (Å²) in [5, 5.41) is 0.162. The lowest BCUT2D eigenvalue weighted by Gasteiger charge is -2.32. The number of allylic oxidation sites excluding steroid dienone is 5. The molecule has 0 aromatic carbocycles. The van der Waals surface area contributed by atoms with Gasteiger partial charge in [0.1, 0.15) is 5.03 Å². The lowest BCUT2D eigenvalue weighted by atomic mass is 9.72. The minimum atomic E-state index is -0.454. The lowest BCUT2D eigenvalue weighted by molar-refractivity contribution is -0.137. The van der Waals surface area contributed by atoms with Crippen LogP contribution < -0.4 is 0 Å². The molecule has 0 saturated carbocycles. The maximum absolute atomic E-state index is 11.6. The second kappa shape index (κ2) is 7.12. The van der Waals surface area contributed by atoms with Gasteiger partial charge in [-0.3, -0.25) is 0 Å². The van der Waals surface area contributed by atoms with Gasteiger partial charge in [-0.15, -0.1) is 0 Å². The van der Waals surface area contributed by atoms with Gasteiger partial charge in [-0.2, -0.15) is 0 Å². The lowest BCUT2D eigenvalue weighted by Crippen LogP contribution is -2.19. The third kappa shape index (κ3) is 4.24. The van der Waals surface area contributed by atoms with Crippen LogP contribution in [0, 0.1) is 5.41 Å². The van der Waals surface area contributed by atoms with E-state index >= 15 is 0 Å². The monoisotopic (exact) mass is 296 g/mol. The molecule has 1 aliphatic rings. The first-order chi connectivity index (χ1) is 9.29. The average Bonchev–Trinajstić information content (AvgIpc) is 2.36. The van der Waals surface area contributed by atoms with Crippen LogP contribution in [0.25, 0.3) is 0 Å². The molecule has 0 fully saturated rings. The molecule has 0 aliphatic heterocycles. The molecule has 0 atom stereocenters. The molecule has 112 valence electrons. The number of carbonyl (C=O) groups excluding carboxylic acids is 1. The Hall–Kier alpha value is -1.02. The minimum Gasteiger partial charge on any atom is -0.462 e. The van der Waals surface area contributed by atoms with Crippen molar-refractivity contribution in [3.05, 3.63) is 33.9 Å². The van der Waals surface area contributed by atoms with Crippen LogP contribution in [0.5, 0.6) is 0 Å². The Morgan fingerprint density at radius 1 is 1.45 bits per heavy atom. The fourth-order valence-electron chi connectivity index (χ4n) is 2.65. The molecular formula is C17H25ClO2. The quantitative estimate of drug-likeness (QED) is 0.408. The van der Waals surface area contributed by atoms with Crippen molar-refractivity contribution in [1.82, 2.24) is 0 Å². The summed E-state index contributed by atoms with van der Waals surface area (Å²) >= 11 is 6.02. The fourth-order valence-corrected chi connectivity index (χ4v) is 2.76. The molecule has 20 heavy (non-hydrogen) atoms. The second-order valence-electron chi connectivity index (χ2n) is 5.98. The first kappa shape index (κ1) is 17.0. The van der Waals surface area contributed by atoms with Crippen LogP contribution in [0.3, 0.4) is 0 Å². The first-order valence-corrected chi connectivity index (χ1v) is 7.59. The van der Waals surface area contributed by atoms with Crippen molar-refractivity contribution in [2.45, 2.75) is 53.9 Å². The van der Waals surface area contributed by atoms with Crippen LogP contribution in [0.2, 0.25) is 0 Å². The van der Waals surface area contributed by atoms with Gasteiger partial charge in [-0.05, 0) is 56.6 Å². The standard InChI is InChI=1S/C17H25ClO2/c1-6-20-16(19)15(18)13(3)9-10-14-12(2)8-7-11-17(14,4)5/h9-10H,6-8,11H2,1-5H3. The smallest absolute Gasteiger partial charge is 0.350 e. The molecule has 0 aromatic heterocycles. The highest BCUT2D eigenvalue weighted by molar-refractivity contribution is 6.41. The molecule has 1 aliphatic carbocycles. The van der Waals surface area contributed by atoms with E-state index in [0.717, 1.165) is 12.0 Å². The summed E-state index contributed by atoms with van der Waals surface area (Å²) < 4.78 is 4.90. The summed E-state index contributed by atoms with van der Waals surface area (Å²) in [6, 6.07) is 0. The van der Waals surface area contributed by atoms with Crippen molar-refractivity contribution in [2.75, 3.05) is 6.61 Å². The Bertz CT molecular complexity index is 467. The second-order valence-corrected chi connectivity index (χ2v) is 6.36. The zero-order valence-electron chi connectivity index (χ0n) is 13.2. The molecule has 0 N–H and O–H groups in total. The molecule has 3 heteroatoms. The number of hydrogen-bond donors (Lipinski definition) is 0. The van der Waals surface area contributed by atoms with Crippen molar-refractivity contribution in [2.24, 2.45) is 5.41 Å². The van der Waals surface area contributed by atoms with Crippen LogP contribution in [0.15, 0.2) is 33.9 Å². The van der Waals surface area contributed by atoms with Gasteiger partial charge in [-0.25, -0.2) is 4.79 Å². The summed E-state index contributed by atoms with van der Waals surface area (Å²) in [6.07, 6.45) is 7.61. The van der Waals surface area contributed by atoms with E-state index < -0.39 is 5.97 Å². The summed E-state index contributed by atoms with van der Waals surface area (Å²) in [7, 11) is 0. The zero-order chi connectivity index (χ0) is 15.3. The molecular weight excluding hydrogens is 272 g/mol. The third-order valence-corrected chi connectivity index (χ3v) is 4.30. The van der Waals surface area contributed by atoms with E-state index in [-0.39, 0.29) is 10.4 Å². The van der Waals surface area contributed by atoms with E-state index in [1.54, 1.807) is 6.92 Å². The van der Waals surface area contributed by atoms with Crippen LogP contribution >= 0.6 is 11.6 Å². The summed E-state index contributed by atoms with van der Waals surface area (Å²) in [6.45, 7) is 10.7. The molecule has 0 aromatic rings. The molecule has 0 saturated heterocycles. The number of rotatable bonds is 4. The van der Waals surface area contributed by atoms with Gasteiger partial charge in [0, 0.05) is 0 Å². The van der Waals surface area contributed by atoms with E-state index in [2.05, 4.69) is 26.8 Å². The summed E-state index contributed by atoms with van der Waals surface area (Å²) in [5.41, 5.74) is 3.72. The molecule has 1 rings (SSSR count). The van der Waals surface area contributed by atoms with E-state index in [1.807, 2.05) is 13.0 Å². The Morgan fingerprint density at radius 3 is 2.65 bits per heavy atom. The van der Waals surface area contributed by atoms with E-state index in [0.29, 0.717) is 6.61 Å². The molecule has 0 amide bonds. The van der Waals surface area contributed by atoms with Gasteiger partial charge in [-0.1, -0.05) is 43.2 Å². The predicted molar refractivity (Wildman–Crippen MR) is 84.7 cm³/mol. The van der Waals surface area contributed by atoms with Crippen molar-refractivity contribution in [3.63, 3.8) is 0 Å². The summed E-state index contributed by atoms with van der Waals surface area (Å²) in [5.74, 6) is -0.454. The van der Waals surface area contributed by atoms with Crippen LogP contribution in [-0.2, 0) is 9.53 Å². The summed E-state index contributed by atoms with van der Waals surface area (Å²) in [4.78, 5) is 11.6. The fraction of sp³-hybridized carbons (Fsp3) is 0.588. The molecule has 0 bridgehead atoms. The topological polar surface area (TPSA) is 26.3 Å². The zero-order valence-corrected chi connectivity index (χ0v) is 13.9. The van der Waals surface area contributed by atoms with E-state index in [9.17, 15) is 4.79 Å². The van der Waals surface area contributed by atoms with Gasteiger partial charge in [0.15, 0.2) is 0 Å². The number of ether oxygens (including phenoxy) is 1. The SMILES string of the molecule is CCOC(=O)C(Cl)=C(C)C=CC1=C(C)CCCC1(C)C. The molecule has 2 nitrogen and oxygen atoms in total. The highest BCUT2D eigenvalue weighted by Crippen LogP contribution is 2.40. The minimum absolute atomic E-state index is 0.162. The largest absolute Gasteiger partial charge is 0.462 e. The van der Waals surface area contributed by atoms with Gasteiger partial charge < -0.3 is 4.74 Å².